The van der Waals surface area contributed by atoms with Gasteiger partial charge in [-0.3, -0.25) is 14.4 Å². The summed E-state index contributed by atoms with van der Waals surface area (Å²) < 4.78 is 11.5. The van der Waals surface area contributed by atoms with Crippen molar-refractivity contribution < 1.29 is 28.7 Å². The third kappa shape index (κ3) is 10.8. The molecule has 4 atom stereocenters. The third-order valence-electron chi connectivity index (χ3n) is 8.05. The lowest BCUT2D eigenvalue weighted by atomic mass is 9.99. The molecule has 1 aromatic rings. The van der Waals surface area contributed by atoms with Gasteiger partial charge >= 0.3 is 6.09 Å². The van der Waals surface area contributed by atoms with Crippen molar-refractivity contribution in [2.24, 2.45) is 11.5 Å². The lowest BCUT2D eigenvalue weighted by Gasteiger charge is -2.35. The van der Waals surface area contributed by atoms with Crippen LogP contribution in [0.5, 0.6) is 5.75 Å². The molecular formula is C32H50ClN5O6. The Bertz CT molecular complexity index is 1140. The minimum atomic E-state index is -0.778. The number of ether oxygens (including phenoxy) is 2. The fourth-order valence-corrected chi connectivity index (χ4v) is 6.15. The predicted molar refractivity (Wildman–Crippen MR) is 169 cm³/mol. The van der Waals surface area contributed by atoms with E-state index in [0.717, 1.165) is 50.5 Å². The van der Waals surface area contributed by atoms with E-state index in [-0.39, 0.29) is 37.3 Å². The molecule has 12 heteroatoms. The molecule has 0 bridgehead atoms. The van der Waals surface area contributed by atoms with Crippen molar-refractivity contribution in [2.45, 2.75) is 128 Å². The van der Waals surface area contributed by atoms with E-state index in [1.807, 2.05) is 12.1 Å². The molecule has 2 saturated heterocycles. The molecule has 11 nitrogen and oxygen atoms in total. The number of halogens is 1. The van der Waals surface area contributed by atoms with Gasteiger partial charge in [-0.05, 0) is 90.3 Å². The Balaban J connectivity index is 1.69. The van der Waals surface area contributed by atoms with Crippen LogP contribution in [0.25, 0.3) is 0 Å². The van der Waals surface area contributed by atoms with E-state index in [1.165, 1.54) is 0 Å². The van der Waals surface area contributed by atoms with Crippen LogP contribution in [0.3, 0.4) is 0 Å². The summed E-state index contributed by atoms with van der Waals surface area (Å²) in [4.78, 5) is 53.2. The van der Waals surface area contributed by atoms with Gasteiger partial charge in [0, 0.05) is 12.5 Å². The van der Waals surface area contributed by atoms with E-state index in [2.05, 4.69) is 10.6 Å². The number of fused-ring (bicyclic) bond motifs is 1. The van der Waals surface area contributed by atoms with Crippen LogP contribution >= 0.6 is 11.6 Å². The largest absolute Gasteiger partial charge is 0.490 e. The molecule has 2 aliphatic rings. The van der Waals surface area contributed by atoms with E-state index in [9.17, 15) is 19.2 Å². The summed E-state index contributed by atoms with van der Waals surface area (Å²) >= 11 is 6.65. The quantitative estimate of drug-likeness (QED) is 0.224. The van der Waals surface area contributed by atoms with Gasteiger partial charge in [0.05, 0.1) is 11.1 Å². The fourth-order valence-electron chi connectivity index (χ4n) is 5.87. The summed E-state index contributed by atoms with van der Waals surface area (Å²) in [5.41, 5.74) is 11.3. The van der Waals surface area contributed by atoms with Gasteiger partial charge in [-0.2, -0.15) is 0 Å². The zero-order valence-electron chi connectivity index (χ0n) is 26.4. The van der Waals surface area contributed by atoms with E-state index in [1.54, 1.807) is 31.7 Å². The van der Waals surface area contributed by atoms with Crippen molar-refractivity contribution in [3.63, 3.8) is 0 Å². The average Bonchev–Trinajstić information content (AvgIpc) is 3.36. The van der Waals surface area contributed by atoms with Crippen molar-refractivity contribution in [1.82, 2.24) is 15.5 Å². The number of nitrogens with one attached hydrogen (secondary N) is 2. The Morgan fingerprint density at radius 1 is 1.09 bits per heavy atom. The molecule has 3 rings (SSSR count). The highest BCUT2D eigenvalue weighted by Gasteiger charge is 2.44. The van der Waals surface area contributed by atoms with Gasteiger partial charge in [0.1, 0.15) is 30.0 Å². The molecule has 0 radical (unpaired) electrons. The third-order valence-corrected chi connectivity index (χ3v) is 8.48. The van der Waals surface area contributed by atoms with Crippen LogP contribution < -0.4 is 26.8 Å². The van der Waals surface area contributed by atoms with E-state index in [4.69, 9.17) is 32.5 Å². The summed E-state index contributed by atoms with van der Waals surface area (Å²) in [6.45, 7) is 6.01. The van der Waals surface area contributed by atoms with Crippen molar-refractivity contribution in [3.8, 4) is 5.75 Å². The molecule has 2 heterocycles. The summed E-state index contributed by atoms with van der Waals surface area (Å²) in [5, 5.41) is 6.26. The fraction of sp³-hybridized carbons (Fsp3) is 0.688. The SMILES string of the molecule is CC(C)(C)OC(=O)NC1CCCC[C@H]2CC[C@@H](C(=O)N[C@@H](CCC(N)=O)COc3cccc(CCCCCN)c3Cl)N2C1=O. The maximum absolute atomic E-state index is 13.8. The lowest BCUT2D eigenvalue weighted by Crippen LogP contribution is -2.57. The first kappa shape index (κ1) is 35.4. The molecule has 0 spiro atoms. The average molecular weight is 636 g/mol. The summed E-state index contributed by atoms with van der Waals surface area (Å²) in [5.74, 6) is -0.594. The summed E-state index contributed by atoms with van der Waals surface area (Å²) in [6, 6.07) is 3.50. The van der Waals surface area contributed by atoms with Gasteiger partial charge in [-0.1, -0.05) is 43.0 Å². The number of hydrogen-bond acceptors (Lipinski definition) is 7. The first-order valence-corrected chi connectivity index (χ1v) is 16.3. The highest BCUT2D eigenvalue weighted by Crippen LogP contribution is 2.32. The monoisotopic (exact) mass is 635 g/mol. The molecule has 44 heavy (non-hydrogen) atoms. The Labute approximate surface area is 266 Å². The standard InChI is InChI=1S/C32H50ClN5O6/c1-32(2,3)44-31(42)37-24-13-7-6-12-23-16-17-25(38(23)30(24)41)29(40)36-22(15-18-27(35)39)20-43-26-14-9-11-21(28(26)33)10-5-4-8-19-34/h9,11,14,22-25H,4-8,10,12-13,15-20,34H2,1-3H3,(H2,35,39)(H,36,40)(H,37,42)/t22-,23-,24?,25-/m0/s1. The summed E-state index contributed by atoms with van der Waals surface area (Å²) in [7, 11) is 0. The number of hydrogen-bond donors (Lipinski definition) is 4. The first-order chi connectivity index (χ1) is 20.9. The van der Waals surface area contributed by atoms with Crippen LogP contribution in [0.1, 0.15) is 97.0 Å². The second-order valence-electron chi connectivity index (χ2n) is 12.8. The minimum Gasteiger partial charge on any atom is -0.490 e. The van der Waals surface area contributed by atoms with Crippen LogP contribution in [0, 0.1) is 0 Å². The van der Waals surface area contributed by atoms with Crippen molar-refractivity contribution in [3.05, 3.63) is 28.8 Å². The van der Waals surface area contributed by atoms with Crippen molar-refractivity contribution >= 4 is 35.4 Å². The zero-order valence-corrected chi connectivity index (χ0v) is 27.1. The number of unbranched alkanes of at least 4 members (excludes halogenated alkanes) is 2. The highest BCUT2D eigenvalue weighted by atomic mass is 35.5. The van der Waals surface area contributed by atoms with E-state index >= 15 is 0 Å². The number of carbonyl (C=O) groups is 4. The second kappa shape index (κ2) is 16.9. The number of aryl methyl sites for hydroxylation is 1. The van der Waals surface area contributed by atoms with Crippen LogP contribution in [0.4, 0.5) is 4.79 Å². The smallest absolute Gasteiger partial charge is 0.408 e. The zero-order chi connectivity index (χ0) is 32.3. The maximum atomic E-state index is 13.8. The van der Waals surface area contributed by atoms with Crippen LogP contribution in [0.15, 0.2) is 18.2 Å². The molecule has 6 N–H and O–H groups in total. The normalized spacial score (nSPS) is 21.1. The van der Waals surface area contributed by atoms with Gasteiger partial charge in [-0.15, -0.1) is 0 Å². The van der Waals surface area contributed by atoms with Crippen LogP contribution in [-0.2, 0) is 25.5 Å². The number of primary amides is 1. The molecule has 1 unspecified atom stereocenters. The Morgan fingerprint density at radius 3 is 2.55 bits per heavy atom. The minimum absolute atomic E-state index is 0.0566. The lowest BCUT2D eigenvalue weighted by molar-refractivity contribution is -0.143. The topological polar surface area (TPSA) is 166 Å². The Hall–Kier alpha value is -3.05. The van der Waals surface area contributed by atoms with Gasteiger partial charge in [0.15, 0.2) is 0 Å². The number of carbonyl (C=O) groups excluding carboxylic acids is 4. The molecule has 0 aliphatic carbocycles. The molecule has 4 amide bonds. The Kier molecular flexibility index (Phi) is 13.6. The Morgan fingerprint density at radius 2 is 1.84 bits per heavy atom. The number of nitrogens with two attached hydrogens (primary N) is 2. The number of benzene rings is 1. The predicted octanol–water partition coefficient (Wildman–Crippen LogP) is 3.97. The molecule has 0 saturated carbocycles. The molecular weight excluding hydrogens is 586 g/mol. The number of nitrogens with zero attached hydrogens (tertiary/aromatic N) is 1. The van der Waals surface area contributed by atoms with Crippen LogP contribution in [-0.4, -0.2) is 71.6 Å². The molecule has 2 aliphatic heterocycles. The highest BCUT2D eigenvalue weighted by molar-refractivity contribution is 6.32. The van der Waals surface area contributed by atoms with E-state index < -0.39 is 35.7 Å². The van der Waals surface area contributed by atoms with Crippen LogP contribution in [0.2, 0.25) is 5.02 Å². The molecule has 1 aromatic carbocycles. The van der Waals surface area contributed by atoms with Gasteiger partial charge in [0.2, 0.25) is 17.7 Å². The number of rotatable bonds is 14. The van der Waals surface area contributed by atoms with Crippen molar-refractivity contribution in [1.29, 1.82) is 0 Å². The molecule has 0 aromatic heterocycles. The van der Waals surface area contributed by atoms with Gasteiger partial charge in [0.25, 0.3) is 0 Å². The second-order valence-corrected chi connectivity index (χ2v) is 13.2. The van der Waals surface area contributed by atoms with Gasteiger partial charge in [-0.25, -0.2) is 4.79 Å². The molecule has 246 valence electrons. The number of alkyl carbamates (subject to hydrolysis) is 1. The van der Waals surface area contributed by atoms with E-state index in [0.29, 0.717) is 36.6 Å². The van der Waals surface area contributed by atoms with Gasteiger partial charge < -0.3 is 36.5 Å². The first-order valence-electron chi connectivity index (χ1n) is 15.9. The maximum Gasteiger partial charge on any atom is 0.408 e. The summed E-state index contributed by atoms with van der Waals surface area (Å²) in [6.07, 6.45) is 7.54. The van der Waals surface area contributed by atoms with Crippen molar-refractivity contribution in [2.75, 3.05) is 13.2 Å². The number of amides is 4. The molecule has 2 fully saturated rings.